The summed E-state index contributed by atoms with van der Waals surface area (Å²) in [4.78, 5) is 14.5. The Balaban J connectivity index is 3.00. The van der Waals surface area contributed by atoms with Crippen molar-refractivity contribution < 1.29 is 8.78 Å². The van der Waals surface area contributed by atoms with Crippen molar-refractivity contribution in [3.8, 4) is 0 Å². The molecule has 16 heavy (non-hydrogen) atoms. The van der Waals surface area contributed by atoms with Crippen LogP contribution in [0.5, 0.6) is 0 Å². The molecular weight excluding hydrogens is 280 g/mol. The maximum atomic E-state index is 13.5. The van der Waals surface area contributed by atoms with Gasteiger partial charge in [0.15, 0.2) is 5.43 Å². The van der Waals surface area contributed by atoms with E-state index in [1.54, 1.807) is 0 Å². The third-order valence-electron chi connectivity index (χ3n) is 2.39. The Morgan fingerprint density at radius 3 is 2.62 bits per heavy atom. The molecule has 2 aromatic rings. The zero-order chi connectivity index (χ0) is 11.9. The van der Waals surface area contributed by atoms with Crippen LogP contribution >= 0.6 is 15.9 Å². The Hall–Kier alpha value is -1.23. The molecule has 2 rings (SSSR count). The highest BCUT2D eigenvalue weighted by molar-refractivity contribution is 9.10. The van der Waals surface area contributed by atoms with Gasteiger partial charge in [-0.25, -0.2) is 8.78 Å². The number of nitrogens with one attached hydrogen (secondary N) is 1. The van der Waals surface area contributed by atoms with Crippen LogP contribution in [0.2, 0.25) is 0 Å². The lowest BCUT2D eigenvalue weighted by molar-refractivity contribution is 0.586. The van der Waals surface area contributed by atoms with Crippen LogP contribution in [0.25, 0.3) is 10.9 Å². The number of benzene rings is 1. The highest BCUT2D eigenvalue weighted by Crippen LogP contribution is 2.25. The number of hydrogen-bond donors (Lipinski definition) is 1. The fraction of sp³-hybridized carbons (Fsp3) is 0.182. The lowest BCUT2D eigenvalue weighted by Crippen LogP contribution is -2.07. The first-order chi connectivity index (χ1) is 7.54. The number of aryl methyl sites for hydroxylation is 1. The van der Waals surface area contributed by atoms with Crippen molar-refractivity contribution in [3.05, 3.63) is 44.2 Å². The van der Waals surface area contributed by atoms with Gasteiger partial charge in [0.25, 0.3) is 0 Å². The smallest absolute Gasteiger partial charge is 0.191 e. The molecule has 0 amide bonds. The Labute approximate surface area is 98.4 Å². The van der Waals surface area contributed by atoms with Gasteiger partial charge >= 0.3 is 0 Å². The minimum absolute atomic E-state index is 0.00666. The highest BCUT2D eigenvalue weighted by atomic mass is 79.9. The molecule has 84 valence electrons. The number of aromatic amines is 1. The van der Waals surface area contributed by atoms with Crippen LogP contribution in [-0.4, -0.2) is 4.98 Å². The van der Waals surface area contributed by atoms with E-state index in [1.165, 1.54) is 6.07 Å². The number of pyridine rings is 1. The van der Waals surface area contributed by atoms with Gasteiger partial charge in [0.05, 0.1) is 15.4 Å². The first-order valence-corrected chi connectivity index (χ1v) is 5.53. The SMILES string of the molecule is CCc1cc(=O)c2c(Br)c(F)cc(F)c2[nH]1. The molecule has 0 unspecified atom stereocenters. The molecule has 0 radical (unpaired) electrons. The normalized spacial score (nSPS) is 11.0. The molecule has 0 aliphatic carbocycles. The summed E-state index contributed by atoms with van der Waals surface area (Å²) >= 11 is 2.95. The second-order valence-electron chi connectivity index (χ2n) is 3.42. The van der Waals surface area contributed by atoms with Crippen LogP contribution in [0.15, 0.2) is 21.4 Å². The summed E-state index contributed by atoms with van der Waals surface area (Å²) < 4.78 is 26.7. The van der Waals surface area contributed by atoms with E-state index in [1.807, 2.05) is 6.92 Å². The standard InChI is InChI=1S/C11H8BrF2NO/c1-2-5-3-8(16)9-10(12)6(13)4-7(14)11(9)15-5/h3-4H,2H2,1H3,(H,15,16). The van der Waals surface area contributed by atoms with E-state index in [-0.39, 0.29) is 15.4 Å². The van der Waals surface area contributed by atoms with Gasteiger partial charge in [-0.3, -0.25) is 4.79 Å². The highest BCUT2D eigenvalue weighted by Gasteiger charge is 2.14. The maximum absolute atomic E-state index is 13.5. The van der Waals surface area contributed by atoms with Gasteiger partial charge in [0.2, 0.25) is 0 Å². The number of halogens is 3. The Morgan fingerprint density at radius 1 is 1.31 bits per heavy atom. The average Bonchev–Trinajstić information content (AvgIpc) is 2.25. The first kappa shape index (κ1) is 11.3. The molecule has 1 aromatic heterocycles. The molecule has 1 N–H and O–H groups in total. The first-order valence-electron chi connectivity index (χ1n) is 4.74. The summed E-state index contributed by atoms with van der Waals surface area (Å²) in [6.07, 6.45) is 0.583. The van der Waals surface area contributed by atoms with Crippen molar-refractivity contribution in [1.82, 2.24) is 4.98 Å². The van der Waals surface area contributed by atoms with E-state index < -0.39 is 17.1 Å². The van der Waals surface area contributed by atoms with Gasteiger partial charge in [-0.1, -0.05) is 6.92 Å². The monoisotopic (exact) mass is 287 g/mol. The summed E-state index contributed by atoms with van der Waals surface area (Å²) in [5.41, 5.74) is 0.267. The molecule has 0 spiro atoms. The number of aromatic nitrogens is 1. The van der Waals surface area contributed by atoms with Crippen LogP contribution in [-0.2, 0) is 6.42 Å². The molecule has 0 atom stereocenters. The largest absolute Gasteiger partial charge is 0.356 e. The number of fused-ring (bicyclic) bond motifs is 1. The minimum Gasteiger partial charge on any atom is -0.356 e. The second kappa shape index (κ2) is 3.97. The Morgan fingerprint density at radius 2 is 2.00 bits per heavy atom. The molecular formula is C11H8BrF2NO. The molecule has 1 aromatic carbocycles. The average molecular weight is 288 g/mol. The Kier molecular flexibility index (Phi) is 2.80. The summed E-state index contributed by atoms with van der Waals surface area (Å²) in [6.45, 7) is 1.84. The molecule has 0 aliphatic heterocycles. The molecule has 0 fully saturated rings. The summed E-state index contributed by atoms with van der Waals surface area (Å²) in [5, 5.41) is 0.00898. The van der Waals surface area contributed by atoms with Crippen LogP contribution in [0.4, 0.5) is 8.78 Å². The summed E-state index contributed by atoms with van der Waals surface area (Å²) in [7, 11) is 0. The fourth-order valence-electron chi connectivity index (χ4n) is 1.57. The predicted octanol–water partition coefficient (Wildman–Crippen LogP) is 3.13. The van der Waals surface area contributed by atoms with Gasteiger partial charge in [-0.15, -0.1) is 0 Å². The molecule has 0 saturated carbocycles. The van der Waals surface area contributed by atoms with Gasteiger partial charge < -0.3 is 4.98 Å². The van der Waals surface area contributed by atoms with E-state index in [2.05, 4.69) is 20.9 Å². The van der Waals surface area contributed by atoms with Crippen molar-refractivity contribution in [1.29, 1.82) is 0 Å². The van der Waals surface area contributed by atoms with Crippen molar-refractivity contribution in [2.24, 2.45) is 0 Å². The molecule has 0 aliphatic rings. The van der Waals surface area contributed by atoms with E-state index in [9.17, 15) is 13.6 Å². The van der Waals surface area contributed by atoms with Crippen LogP contribution in [0, 0.1) is 11.6 Å². The molecule has 2 nitrogen and oxygen atoms in total. The van der Waals surface area contributed by atoms with Gasteiger partial charge in [0, 0.05) is 17.8 Å². The zero-order valence-electron chi connectivity index (χ0n) is 8.40. The summed E-state index contributed by atoms with van der Waals surface area (Å²) in [6, 6.07) is 2.10. The number of H-pyrrole nitrogens is 1. The van der Waals surface area contributed by atoms with Crippen molar-refractivity contribution >= 4 is 26.8 Å². The topological polar surface area (TPSA) is 32.9 Å². The maximum Gasteiger partial charge on any atom is 0.191 e. The van der Waals surface area contributed by atoms with Crippen LogP contribution in [0.1, 0.15) is 12.6 Å². The quantitative estimate of drug-likeness (QED) is 0.803. The van der Waals surface area contributed by atoms with E-state index >= 15 is 0 Å². The predicted molar refractivity (Wildman–Crippen MR) is 61.6 cm³/mol. The zero-order valence-corrected chi connectivity index (χ0v) is 9.99. The molecule has 1 heterocycles. The Bertz CT molecular complexity index is 621. The van der Waals surface area contributed by atoms with Crippen LogP contribution < -0.4 is 5.43 Å². The fourth-order valence-corrected chi connectivity index (χ4v) is 2.07. The molecule has 0 bridgehead atoms. The third kappa shape index (κ3) is 1.65. The lowest BCUT2D eigenvalue weighted by atomic mass is 10.1. The van der Waals surface area contributed by atoms with E-state index in [0.717, 1.165) is 6.07 Å². The molecule has 5 heteroatoms. The third-order valence-corrected chi connectivity index (χ3v) is 3.16. The minimum atomic E-state index is -0.778. The van der Waals surface area contributed by atoms with Crippen molar-refractivity contribution in [3.63, 3.8) is 0 Å². The van der Waals surface area contributed by atoms with Crippen molar-refractivity contribution in [2.75, 3.05) is 0 Å². The number of hydrogen-bond acceptors (Lipinski definition) is 1. The van der Waals surface area contributed by atoms with E-state index in [4.69, 9.17) is 0 Å². The van der Waals surface area contributed by atoms with Gasteiger partial charge in [-0.05, 0) is 22.4 Å². The van der Waals surface area contributed by atoms with Gasteiger partial charge in [-0.2, -0.15) is 0 Å². The van der Waals surface area contributed by atoms with Crippen LogP contribution in [0.3, 0.4) is 0 Å². The van der Waals surface area contributed by atoms with Crippen molar-refractivity contribution in [2.45, 2.75) is 13.3 Å². The molecule has 0 saturated heterocycles. The van der Waals surface area contributed by atoms with E-state index in [0.29, 0.717) is 12.1 Å². The second-order valence-corrected chi connectivity index (χ2v) is 4.21. The van der Waals surface area contributed by atoms with Gasteiger partial charge in [0.1, 0.15) is 11.6 Å². The lowest BCUT2D eigenvalue weighted by Gasteiger charge is -2.05. The number of rotatable bonds is 1. The summed E-state index contributed by atoms with van der Waals surface area (Å²) in [5.74, 6) is -1.54.